The molecule has 5 heteroatoms. The van der Waals surface area contributed by atoms with Crippen LogP contribution in [0.3, 0.4) is 0 Å². The molecule has 0 bridgehead atoms. The number of hydrogen-bond acceptors (Lipinski definition) is 4. The molecular formula is C13H21BN2O2. The van der Waals surface area contributed by atoms with Crippen LogP contribution in [0.5, 0.6) is 0 Å². The fourth-order valence-electron chi connectivity index (χ4n) is 1.90. The van der Waals surface area contributed by atoms with Gasteiger partial charge in [0.15, 0.2) is 0 Å². The number of aromatic nitrogens is 1. The monoisotopic (exact) mass is 248 g/mol. The van der Waals surface area contributed by atoms with Crippen molar-refractivity contribution in [2.75, 3.05) is 7.05 Å². The average Bonchev–Trinajstić information content (AvgIpc) is 2.49. The van der Waals surface area contributed by atoms with Crippen molar-refractivity contribution in [2.45, 2.75) is 45.4 Å². The van der Waals surface area contributed by atoms with Crippen molar-refractivity contribution < 1.29 is 9.31 Å². The molecule has 18 heavy (non-hydrogen) atoms. The minimum absolute atomic E-state index is 0.301. The second-order valence-electron chi connectivity index (χ2n) is 5.70. The molecular weight excluding hydrogens is 227 g/mol. The van der Waals surface area contributed by atoms with Crippen LogP contribution in [0.15, 0.2) is 18.3 Å². The summed E-state index contributed by atoms with van der Waals surface area (Å²) in [6, 6.07) is 3.97. The van der Waals surface area contributed by atoms with E-state index >= 15 is 0 Å². The molecule has 0 aromatic carbocycles. The van der Waals surface area contributed by atoms with Crippen LogP contribution in [0, 0.1) is 0 Å². The minimum atomic E-state index is -0.311. The van der Waals surface area contributed by atoms with Gasteiger partial charge in [-0.2, -0.15) is 0 Å². The number of hydrogen-bond donors (Lipinski definition) is 1. The molecule has 0 radical (unpaired) electrons. The van der Waals surface area contributed by atoms with E-state index in [4.69, 9.17) is 9.31 Å². The van der Waals surface area contributed by atoms with Crippen LogP contribution >= 0.6 is 0 Å². The maximum atomic E-state index is 6.01. The molecule has 1 N–H and O–H groups in total. The molecule has 0 aliphatic carbocycles. The Hall–Kier alpha value is -0.905. The summed E-state index contributed by atoms with van der Waals surface area (Å²) in [5, 5.41) is 3.09. The lowest BCUT2D eigenvalue weighted by atomic mass is 9.79. The lowest BCUT2D eigenvalue weighted by Crippen LogP contribution is -2.41. The van der Waals surface area contributed by atoms with E-state index in [1.165, 1.54) is 0 Å². The molecule has 1 aliphatic heterocycles. The van der Waals surface area contributed by atoms with Crippen molar-refractivity contribution in [3.63, 3.8) is 0 Å². The van der Waals surface area contributed by atoms with Gasteiger partial charge in [0.05, 0.1) is 16.9 Å². The highest BCUT2D eigenvalue weighted by Crippen LogP contribution is 2.36. The predicted octanol–water partition coefficient (Wildman–Crippen LogP) is 1.10. The summed E-state index contributed by atoms with van der Waals surface area (Å²) in [4.78, 5) is 4.30. The van der Waals surface area contributed by atoms with Gasteiger partial charge in [-0.15, -0.1) is 0 Å². The first-order valence-corrected chi connectivity index (χ1v) is 6.31. The molecule has 2 rings (SSSR count). The van der Waals surface area contributed by atoms with Gasteiger partial charge in [-0.3, -0.25) is 4.98 Å². The van der Waals surface area contributed by atoms with Crippen LogP contribution in [0.25, 0.3) is 0 Å². The van der Waals surface area contributed by atoms with Crippen LogP contribution in [0.2, 0.25) is 0 Å². The van der Waals surface area contributed by atoms with Gasteiger partial charge < -0.3 is 14.6 Å². The summed E-state index contributed by atoms with van der Waals surface area (Å²) >= 11 is 0. The zero-order valence-corrected chi connectivity index (χ0v) is 11.8. The fraction of sp³-hybridized carbons (Fsp3) is 0.615. The average molecular weight is 248 g/mol. The Balaban J connectivity index is 2.21. The van der Waals surface area contributed by atoms with Gasteiger partial charge >= 0.3 is 7.12 Å². The molecule has 0 spiro atoms. The molecule has 1 aromatic rings. The van der Waals surface area contributed by atoms with Gasteiger partial charge in [0.25, 0.3) is 0 Å². The number of pyridine rings is 1. The summed E-state index contributed by atoms with van der Waals surface area (Å²) in [7, 11) is 1.59. The summed E-state index contributed by atoms with van der Waals surface area (Å²) in [5.74, 6) is 0. The topological polar surface area (TPSA) is 43.4 Å². The van der Waals surface area contributed by atoms with E-state index in [1.54, 1.807) is 6.20 Å². The van der Waals surface area contributed by atoms with E-state index in [0.717, 1.165) is 17.7 Å². The second kappa shape index (κ2) is 4.65. The third kappa shape index (κ3) is 2.43. The predicted molar refractivity (Wildman–Crippen MR) is 72.7 cm³/mol. The summed E-state index contributed by atoms with van der Waals surface area (Å²) in [6.07, 6.45) is 1.80. The standard InChI is InChI=1S/C13H21BN2O2/c1-12(2)13(3,4)18-14(17-12)10-6-7-16-11(8-10)9-15-5/h6-8,15H,9H2,1-5H3. The molecule has 0 unspecified atom stereocenters. The third-order valence-electron chi connectivity index (χ3n) is 3.72. The van der Waals surface area contributed by atoms with Crippen LogP contribution in [-0.4, -0.2) is 30.4 Å². The van der Waals surface area contributed by atoms with E-state index in [2.05, 4.69) is 38.0 Å². The van der Waals surface area contributed by atoms with Gasteiger partial charge in [-0.1, -0.05) is 0 Å². The van der Waals surface area contributed by atoms with E-state index in [0.29, 0.717) is 0 Å². The van der Waals surface area contributed by atoms with Crippen LogP contribution in [0.1, 0.15) is 33.4 Å². The Morgan fingerprint density at radius 3 is 2.39 bits per heavy atom. The summed E-state index contributed by atoms with van der Waals surface area (Å²) in [6.45, 7) is 8.98. The Labute approximate surface area is 109 Å². The van der Waals surface area contributed by atoms with Crippen molar-refractivity contribution in [1.82, 2.24) is 10.3 Å². The van der Waals surface area contributed by atoms with Crippen molar-refractivity contribution in [3.8, 4) is 0 Å². The Kier molecular flexibility index (Phi) is 3.49. The van der Waals surface area contributed by atoms with Gasteiger partial charge in [-0.25, -0.2) is 0 Å². The van der Waals surface area contributed by atoms with E-state index in [1.807, 2.05) is 19.2 Å². The van der Waals surface area contributed by atoms with Crippen LogP contribution in [-0.2, 0) is 15.9 Å². The maximum absolute atomic E-state index is 6.01. The quantitative estimate of drug-likeness (QED) is 0.813. The molecule has 1 aliphatic rings. The van der Waals surface area contributed by atoms with Crippen molar-refractivity contribution >= 4 is 12.6 Å². The molecule has 1 aromatic heterocycles. The number of nitrogens with one attached hydrogen (secondary N) is 1. The van der Waals surface area contributed by atoms with Crippen molar-refractivity contribution in [3.05, 3.63) is 24.0 Å². The van der Waals surface area contributed by atoms with E-state index in [9.17, 15) is 0 Å². The Bertz CT molecular complexity index is 419. The maximum Gasteiger partial charge on any atom is 0.494 e. The first-order chi connectivity index (χ1) is 8.36. The lowest BCUT2D eigenvalue weighted by Gasteiger charge is -2.32. The molecule has 1 fully saturated rings. The van der Waals surface area contributed by atoms with Crippen LogP contribution < -0.4 is 10.8 Å². The normalized spacial score (nSPS) is 21.3. The smallest absolute Gasteiger partial charge is 0.399 e. The van der Waals surface area contributed by atoms with Gasteiger partial charge in [-0.05, 0) is 52.3 Å². The molecule has 0 amide bonds. The molecule has 2 heterocycles. The van der Waals surface area contributed by atoms with Crippen molar-refractivity contribution in [1.29, 1.82) is 0 Å². The van der Waals surface area contributed by atoms with Crippen molar-refractivity contribution in [2.24, 2.45) is 0 Å². The summed E-state index contributed by atoms with van der Waals surface area (Å²) in [5.41, 5.74) is 1.41. The number of nitrogens with zero attached hydrogens (tertiary/aromatic N) is 1. The zero-order valence-electron chi connectivity index (χ0n) is 11.8. The van der Waals surface area contributed by atoms with Crippen LogP contribution in [0.4, 0.5) is 0 Å². The first-order valence-electron chi connectivity index (χ1n) is 6.31. The largest absolute Gasteiger partial charge is 0.494 e. The Morgan fingerprint density at radius 1 is 1.22 bits per heavy atom. The SMILES string of the molecule is CNCc1cc(B2OC(C)(C)C(C)(C)O2)ccn1. The zero-order chi connectivity index (χ0) is 13.4. The van der Waals surface area contributed by atoms with Gasteiger partial charge in [0.1, 0.15) is 0 Å². The molecule has 4 nitrogen and oxygen atoms in total. The first kappa shape index (κ1) is 13.5. The molecule has 0 atom stereocenters. The third-order valence-corrected chi connectivity index (χ3v) is 3.72. The highest BCUT2D eigenvalue weighted by Gasteiger charge is 2.51. The highest BCUT2D eigenvalue weighted by molar-refractivity contribution is 6.62. The Morgan fingerprint density at radius 2 is 1.83 bits per heavy atom. The molecule has 0 saturated carbocycles. The van der Waals surface area contributed by atoms with Gasteiger partial charge in [0.2, 0.25) is 0 Å². The van der Waals surface area contributed by atoms with Gasteiger partial charge in [0, 0.05) is 12.7 Å². The molecule has 1 saturated heterocycles. The van der Waals surface area contributed by atoms with E-state index in [-0.39, 0.29) is 18.3 Å². The lowest BCUT2D eigenvalue weighted by molar-refractivity contribution is 0.00578. The fourth-order valence-corrected chi connectivity index (χ4v) is 1.90. The number of rotatable bonds is 3. The second-order valence-corrected chi connectivity index (χ2v) is 5.70. The highest BCUT2D eigenvalue weighted by atomic mass is 16.7. The molecule has 98 valence electrons. The van der Waals surface area contributed by atoms with E-state index < -0.39 is 0 Å². The summed E-state index contributed by atoms with van der Waals surface area (Å²) < 4.78 is 12.0. The minimum Gasteiger partial charge on any atom is -0.399 e.